The van der Waals surface area contributed by atoms with Gasteiger partial charge in [-0.3, -0.25) is 9.59 Å². The van der Waals surface area contributed by atoms with Crippen molar-refractivity contribution < 1.29 is 19.1 Å². The Morgan fingerprint density at radius 3 is 2.40 bits per heavy atom. The Morgan fingerprint density at radius 2 is 1.74 bits per heavy atom. The fourth-order valence-electron chi connectivity index (χ4n) is 4.63. The molecule has 7 heteroatoms. The zero-order valence-corrected chi connectivity index (χ0v) is 21.1. The number of benzene rings is 2. The molecule has 0 aliphatic heterocycles. The van der Waals surface area contributed by atoms with Gasteiger partial charge in [-0.2, -0.15) is 0 Å². The van der Waals surface area contributed by atoms with Crippen LogP contribution in [0.25, 0.3) is 0 Å². The van der Waals surface area contributed by atoms with E-state index in [-0.39, 0.29) is 17.9 Å². The van der Waals surface area contributed by atoms with Crippen LogP contribution in [0.1, 0.15) is 52.5 Å². The van der Waals surface area contributed by atoms with Gasteiger partial charge < -0.3 is 19.7 Å². The van der Waals surface area contributed by atoms with E-state index < -0.39 is 6.04 Å². The van der Waals surface area contributed by atoms with Crippen molar-refractivity contribution in [1.82, 2.24) is 10.2 Å². The summed E-state index contributed by atoms with van der Waals surface area (Å²) in [7, 11) is 3.21. The number of carbonyl (C=O) groups is 2. The molecule has 1 aliphatic carbocycles. The molecule has 2 aromatic carbocycles. The van der Waals surface area contributed by atoms with Gasteiger partial charge in [0.2, 0.25) is 5.91 Å². The number of hydrogen-bond donors (Lipinski definition) is 1. The minimum Gasteiger partial charge on any atom is -0.493 e. The molecule has 4 rings (SSSR count). The zero-order chi connectivity index (χ0) is 24.6. The normalized spacial score (nSPS) is 14.3. The number of nitrogens with one attached hydrogen (secondary N) is 1. The molecule has 1 fully saturated rings. The molecule has 2 amide bonds. The number of hydrogen-bond acceptors (Lipinski definition) is 5. The lowest BCUT2D eigenvalue weighted by atomic mass is 10.0. The molecule has 0 unspecified atom stereocenters. The molecule has 3 aromatic rings. The fourth-order valence-corrected chi connectivity index (χ4v) is 5.31. The summed E-state index contributed by atoms with van der Waals surface area (Å²) in [5, 5.41) is 5.11. The Morgan fingerprint density at radius 1 is 1.00 bits per heavy atom. The molecule has 0 bridgehead atoms. The van der Waals surface area contributed by atoms with Gasteiger partial charge in [-0.25, -0.2) is 0 Å². The molecule has 1 saturated carbocycles. The molecule has 1 aliphatic rings. The van der Waals surface area contributed by atoms with E-state index in [9.17, 15) is 9.59 Å². The van der Waals surface area contributed by atoms with Gasteiger partial charge in [0.25, 0.3) is 5.91 Å². The maximum Gasteiger partial charge on any atom is 0.264 e. The highest BCUT2D eigenvalue weighted by molar-refractivity contribution is 7.12. The van der Waals surface area contributed by atoms with E-state index in [2.05, 4.69) is 5.32 Å². The Labute approximate surface area is 210 Å². The first-order valence-electron chi connectivity index (χ1n) is 12.0. The molecule has 0 radical (unpaired) electrons. The van der Waals surface area contributed by atoms with Crippen LogP contribution in [0.3, 0.4) is 0 Å². The van der Waals surface area contributed by atoms with E-state index in [1.54, 1.807) is 19.1 Å². The summed E-state index contributed by atoms with van der Waals surface area (Å²) in [5.74, 6) is 1.02. The fraction of sp³-hybridized carbons (Fsp3) is 0.357. The van der Waals surface area contributed by atoms with E-state index in [0.717, 1.165) is 36.8 Å². The average Bonchev–Trinajstić information content (AvgIpc) is 3.61. The minimum absolute atomic E-state index is 0.125. The molecule has 1 aromatic heterocycles. The van der Waals surface area contributed by atoms with Crippen molar-refractivity contribution in [2.24, 2.45) is 0 Å². The highest BCUT2D eigenvalue weighted by Gasteiger charge is 2.33. The van der Waals surface area contributed by atoms with Gasteiger partial charge in [0, 0.05) is 12.6 Å². The van der Waals surface area contributed by atoms with Crippen molar-refractivity contribution in [3.8, 4) is 11.5 Å². The number of carbonyl (C=O) groups excluding carboxylic acids is 2. The molecular weight excluding hydrogens is 460 g/mol. The van der Waals surface area contributed by atoms with Crippen molar-refractivity contribution in [3.63, 3.8) is 0 Å². The lowest BCUT2D eigenvalue weighted by Crippen LogP contribution is -2.46. The predicted molar refractivity (Wildman–Crippen MR) is 138 cm³/mol. The second kappa shape index (κ2) is 11.9. The first-order valence-corrected chi connectivity index (χ1v) is 12.9. The number of ether oxygens (including phenoxy) is 2. The van der Waals surface area contributed by atoms with Crippen molar-refractivity contribution in [1.29, 1.82) is 0 Å². The van der Waals surface area contributed by atoms with Crippen LogP contribution in [-0.2, 0) is 11.2 Å². The lowest BCUT2D eigenvalue weighted by molar-refractivity contribution is -0.126. The number of rotatable bonds is 10. The molecule has 1 heterocycles. The van der Waals surface area contributed by atoms with Gasteiger partial charge in [-0.15, -0.1) is 11.3 Å². The predicted octanol–water partition coefficient (Wildman–Crippen LogP) is 5.25. The van der Waals surface area contributed by atoms with Crippen LogP contribution in [0.5, 0.6) is 11.5 Å². The standard InChI is InChI=1S/C28H32N2O4S/c1-33-23-15-14-20(19-24(23)34-2)16-17-30(28(32)25-13-8-18-35-25)26(21-9-4-3-5-10-21)27(31)29-22-11-6-7-12-22/h3-5,8-10,13-15,18-19,22,26H,6-7,11-12,16-17H2,1-2H3,(H,29,31)/t26-/m0/s1. The first-order chi connectivity index (χ1) is 17.1. The first kappa shape index (κ1) is 24.8. The third kappa shape index (κ3) is 6.03. The number of nitrogens with zero attached hydrogens (tertiary/aromatic N) is 1. The second-order valence-corrected chi connectivity index (χ2v) is 9.67. The average molecular weight is 493 g/mol. The van der Waals surface area contributed by atoms with Gasteiger partial charge in [0.05, 0.1) is 19.1 Å². The monoisotopic (exact) mass is 492 g/mol. The van der Waals surface area contributed by atoms with Gasteiger partial charge in [-0.1, -0.05) is 55.3 Å². The summed E-state index contributed by atoms with van der Waals surface area (Å²) >= 11 is 1.39. The molecule has 35 heavy (non-hydrogen) atoms. The van der Waals surface area contributed by atoms with E-state index in [1.165, 1.54) is 11.3 Å². The summed E-state index contributed by atoms with van der Waals surface area (Å²) < 4.78 is 10.8. The third-order valence-electron chi connectivity index (χ3n) is 6.46. The van der Waals surface area contributed by atoms with Crippen molar-refractivity contribution in [2.75, 3.05) is 20.8 Å². The van der Waals surface area contributed by atoms with Crippen LogP contribution in [0.2, 0.25) is 0 Å². The van der Waals surface area contributed by atoms with Crippen LogP contribution < -0.4 is 14.8 Å². The zero-order valence-electron chi connectivity index (χ0n) is 20.2. The summed E-state index contributed by atoms with van der Waals surface area (Å²) in [6, 6.07) is 18.5. The van der Waals surface area contributed by atoms with Crippen molar-refractivity contribution in [2.45, 2.75) is 44.2 Å². The molecule has 0 saturated heterocycles. The van der Waals surface area contributed by atoms with Crippen LogP contribution in [0.4, 0.5) is 0 Å². The smallest absolute Gasteiger partial charge is 0.264 e. The van der Waals surface area contributed by atoms with Crippen LogP contribution in [0, 0.1) is 0 Å². The number of thiophene rings is 1. The highest BCUT2D eigenvalue weighted by atomic mass is 32.1. The highest BCUT2D eigenvalue weighted by Crippen LogP contribution is 2.30. The molecule has 0 spiro atoms. The SMILES string of the molecule is COc1ccc(CCN(C(=O)c2cccs2)[C@H](C(=O)NC2CCCC2)c2ccccc2)cc1OC. The largest absolute Gasteiger partial charge is 0.493 e. The molecule has 184 valence electrons. The van der Waals surface area contributed by atoms with Gasteiger partial charge in [0.15, 0.2) is 11.5 Å². The minimum atomic E-state index is -0.716. The Hall–Kier alpha value is -3.32. The van der Waals surface area contributed by atoms with Crippen LogP contribution >= 0.6 is 11.3 Å². The molecule has 6 nitrogen and oxygen atoms in total. The summed E-state index contributed by atoms with van der Waals surface area (Å²) in [6.07, 6.45) is 4.78. The Kier molecular flexibility index (Phi) is 8.42. The van der Waals surface area contributed by atoms with Crippen LogP contribution in [0.15, 0.2) is 66.0 Å². The number of methoxy groups -OCH3 is 2. The topological polar surface area (TPSA) is 67.9 Å². The van der Waals surface area contributed by atoms with Gasteiger partial charge >= 0.3 is 0 Å². The second-order valence-electron chi connectivity index (χ2n) is 8.72. The lowest BCUT2D eigenvalue weighted by Gasteiger charge is -2.32. The van der Waals surface area contributed by atoms with E-state index >= 15 is 0 Å². The van der Waals surface area contributed by atoms with Gasteiger partial charge in [0.1, 0.15) is 6.04 Å². The summed E-state index contributed by atoms with van der Waals surface area (Å²) in [4.78, 5) is 29.7. The third-order valence-corrected chi connectivity index (χ3v) is 7.32. The maximum absolute atomic E-state index is 13.7. The van der Waals surface area contributed by atoms with Crippen molar-refractivity contribution in [3.05, 3.63) is 82.0 Å². The van der Waals surface area contributed by atoms with Crippen molar-refractivity contribution >= 4 is 23.2 Å². The molecule has 1 N–H and O–H groups in total. The maximum atomic E-state index is 13.7. The van der Waals surface area contributed by atoms with Crippen LogP contribution in [-0.4, -0.2) is 43.5 Å². The van der Waals surface area contributed by atoms with Gasteiger partial charge in [-0.05, 0) is 54.0 Å². The quantitative estimate of drug-likeness (QED) is 0.420. The Balaban J connectivity index is 1.65. The summed E-state index contributed by atoms with van der Waals surface area (Å²) in [5.41, 5.74) is 1.80. The Bertz CT molecular complexity index is 1110. The van der Waals surface area contributed by atoms with E-state index in [0.29, 0.717) is 29.3 Å². The van der Waals surface area contributed by atoms with E-state index in [4.69, 9.17) is 9.47 Å². The van der Waals surface area contributed by atoms with E-state index in [1.807, 2.05) is 66.0 Å². The number of amides is 2. The molecular formula is C28H32N2O4S. The summed E-state index contributed by atoms with van der Waals surface area (Å²) in [6.45, 7) is 0.379. The molecule has 1 atom stereocenters.